The second kappa shape index (κ2) is 14.9. The molecule has 2 atom stereocenters. The van der Waals surface area contributed by atoms with Crippen molar-refractivity contribution in [1.29, 1.82) is 0 Å². The smallest absolute Gasteiger partial charge is 0.335 e. The van der Waals surface area contributed by atoms with Crippen LogP contribution < -0.4 is 10.1 Å². The van der Waals surface area contributed by atoms with Crippen LogP contribution in [-0.2, 0) is 20.9 Å². The van der Waals surface area contributed by atoms with Crippen LogP contribution in [0.5, 0.6) is 11.5 Å². The van der Waals surface area contributed by atoms with Crippen LogP contribution in [0.25, 0.3) is 0 Å². The summed E-state index contributed by atoms with van der Waals surface area (Å²) in [5, 5.41) is 23.4. The average molecular weight is 644 g/mol. The molecule has 2 amide bonds. The van der Waals surface area contributed by atoms with Crippen molar-refractivity contribution >= 4 is 30.2 Å². The lowest BCUT2D eigenvalue weighted by molar-refractivity contribution is -0.166. The quantitative estimate of drug-likeness (QED) is 0.346. The number of amides is 2. The Balaban J connectivity index is 0.00000461. The monoisotopic (exact) mass is 643 g/mol. The summed E-state index contributed by atoms with van der Waals surface area (Å²) in [5.74, 6) is -0.0175. The van der Waals surface area contributed by atoms with Crippen molar-refractivity contribution in [3.63, 3.8) is 0 Å². The van der Waals surface area contributed by atoms with E-state index < -0.39 is 23.7 Å². The van der Waals surface area contributed by atoms with Crippen LogP contribution in [0.3, 0.4) is 0 Å². The summed E-state index contributed by atoms with van der Waals surface area (Å²) in [6, 6.07) is 10.2. The van der Waals surface area contributed by atoms with Crippen LogP contribution in [0.1, 0.15) is 72.5 Å². The van der Waals surface area contributed by atoms with Crippen LogP contribution in [0.2, 0.25) is 0 Å². The number of piperidine rings is 1. The summed E-state index contributed by atoms with van der Waals surface area (Å²) in [6.45, 7) is 9.43. The molecule has 0 radical (unpaired) electrons. The molecule has 0 bridgehead atoms. The van der Waals surface area contributed by atoms with Crippen LogP contribution >= 0.6 is 12.4 Å². The number of aromatic carboxylic acids is 1. The van der Waals surface area contributed by atoms with Crippen LogP contribution in [-0.4, -0.2) is 88.3 Å². The molecule has 3 aliphatic rings. The highest BCUT2D eigenvalue weighted by Gasteiger charge is 2.55. The molecule has 3 saturated heterocycles. The molecule has 2 aromatic rings. The highest BCUT2D eigenvalue weighted by atomic mass is 35.5. The number of halogens is 1. The van der Waals surface area contributed by atoms with Gasteiger partial charge >= 0.3 is 5.97 Å². The average Bonchev–Trinajstić information content (AvgIpc) is 3.02. The number of benzene rings is 2. The number of carbonyl (C=O) groups excluding carboxylic acids is 2. The highest BCUT2D eigenvalue weighted by Crippen LogP contribution is 2.36. The summed E-state index contributed by atoms with van der Waals surface area (Å²) in [5.41, 5.74) is 1.97. The normalized spacial score (nSPS) is 21.2. The van der Waals surface area contributed by atoms with E-state index in [0.717, 1.165) is 29.5 Å². The summed E-state index contributed by atoms with van der Waals surface area (Å²) in [6.07, 6.45) is 3.25. The Labute approximate surface area is 271 Å². The van der Waals surface area contributed by atoms with Crippen molar-refractivity contribution in [1.82, 2.24) is 15.1 Å². The largest absolute Gasteiger partial charge is 0.478 e. The lowest BCUT2D eigenvalue weighted by atomic mass is 9.79. The van der Waals surface area contributed by atoms with Gasteiger partial charge in [-0.15, -0.1) is 12.4 Å². The van der Waals surface area contributed by atoms with Crippen molar-refractivity contribution in [2.75, 3.05) is 32.8 Å². The highest BCUT2D eigenvalue weighted by molar-refractivity contribution is 6.00. The Kier molecular flexibility index (Phi) is 11.5. The molecule has 5 rings (SSSR count). The van der Waals surface area contributed by atoms with Gasteiger partial charge in [0.2, 0.25) is 11.8 Å². The van der Waals surface area contributed by atoms with Gasteiger partial charge in [-0.3, -0.25) is 14.5 Å². The van der Waals surface area contributed by atoms with E-state index in [-0.39, 0.29) is 35.7 Å². The van der Waals surface area contributed by atoms with Crippen molar-refractivity contribution in [3.05, 3.63) is 58.7 Å². The first-order chi connectivity index (χ1) is 21.1. The molecule has 3 N–H and O–H groups in total. The number of nitrogens with one attached hydrogen (secondary N) is 1. The van der Waals surface area contributed by atoms with E-state index in [9.17, 15) is 24.6 Å². The van der Waals surface area contributed by atoms with Crippen molar-refractivity contribution in [2.45, 2.75) is 83.5 Å². The number of carboxylic acid groups (broad SMARTS) is 1. The van der Waals surface area contributed by atoms with E-state index in [4.69, 9.17) is 9.47 Å². The zero-order valence-corrected chi connectivity index (χ0v) is 27.2. The summed E-state index contributed by atoms with van der Waals surface area (Å²) >= 11 is 0. The maximum absolute atomic E-state index is 13.8. The molecule has 3 heterocycles. The fourth-order valence-corrected chi connectivity index (χ4v) is 6.89. The SMILES string of the molecule is CCCCN1C(=O)[C@@H]([C@H](O)C2CCOCC2)NC(=O)C12CCN(Cc1ccc(Oc3c(C)cc(C(=O)O)cc3C)cc1)CC2.Cl. The molecular formula is C34H46ClN3O7. The molecule has 0 aromatic heterocycles. The third kappa shape index (κ3) is 7.46. The number of aliphatic hydroxyl groups is 1. The number of aliphatic hydroxyl groups excluding tert-OH is 1. The lowest BCUT2D eigenvalue weighted by Gasteiger charge is -2.52. The number of hydrogen-bond acceptors (Lipinski definition) is 7. The fraction of sp³-hybridized carbons (Fsp3) is 0.559. The number of aryl methyl sites for hydroxylation is 2. The molecule has 10 nitrogen and oxygen atoms in total. The number of hydrogen-bond donors (Lipinski definition) is 3. The topological polar surface area (TPSA) is 129 Å². The number of carboxylic acids is 1. The van der Waals surface area contributed by atoms with Gasteiger partial charge in [0.05, 0.1) is 11.7 Å². The van der Waals surface area contributed by atoms with E-state index in [2.05, 4.69) is 17.1 Å². The van der Waals surface area contributed by atoms with Gasteiger partial charge < -0.3 is 29.9 Å². The minimum absolute atomic E-state index is 0. The zero-order chi connectivity index (χ0) is 31.4. The number of nitrogens with zero attached hydrogens (tertiary/aromatic N) is 2. The molecule has 246 valence electrons. The molecule has 45 heavy (non-hydrogen) atoms. The number of carbonyl (C=O) groups is 3. The van der Waals surface area contributed by atoms with Gasteiger partial charge in [-0.1, -0.05) is 25.5 Å². The van der Waals surface area contributed by atoms with Crippen LogP contribution in [0.4, 0.5) is 0 Å². The van der Waals surface area contributed by atoms with Gasteiger partial charge in [-0.2, -0.15) is 0 Å². The van der Waals surface area contributed by atoms with E-state index in [1.165, 1.54) is 0 Å². The van der Waals surface area contributed by atoms with E-state index in [1.807, 2.05) is 38.1 Å². The van der Waals surface area contributed by atoms with Crippen LogP contribution in [0.15, 0.2) is 36.4 Å². The number of likely N-dealkylation sites (tertiary alicyclic amines) is 1. The molecule has 0 aliphatic carbocycles. The predicted molar refractivity (Wildman–Crippen MR) is 172 cm³/mol. The maximum Gasteiger partial charge on any atom is 0.335 e. The zero-order valence-electron chi connectivity index (χ0n) is 26.4. The first kappa shape index (κ1) is 34.7. The second-order valence-corrected chi connectivity index (χ2v) is 12.5. The van der Waals surface area contributed by atoms with E-state index in [0.29, 0.717) is 76.6 Å². The standard InChI is InChI=1S/C34H45N3O7.ClH/c1-4-5-14-37-31(39)28(29(38)25-10-17-43-18-11-25)35-33(42)34(37)12-15-36(16-13-34)21-24-6-8-27(9-7-24)44-30-22(2)19-26(32(40)41)20-23(30)3;/h6-9,19-20,25,28-29,38H,4-5,10-18,21H2,1-3H3,(H,35,42)(H,40,41);1H/t28-,29-;/m1./s1. The number of rotatable bonds is 10. The number of ether oxygens (including phenoxy) is 2. The Morgan fingerprint density at radius 2 is 1.71 bits per heavy atom. The van der Waals surface area contributed by atoms with Gasteiger partial charge in [0.25, 0.3) is 0 Å². The first-order valence-electron chi connectivity index (χ1n) is 15.8. The third-order valence-electron chi connectivity index (χ3n) is 9.52. The lowest BCUT2D eigenvalue weighted by Crippen LogP contribution is -2.75. The minimum atomic E-state index is -0.964. The fourth-order valence-electron chi connectivity index (χ4n) is 6.89. The van der Waals surface area contributed by atoms with Crippen molar-refractivity contribution in [3.8, 4) is 11.5 Å². The van der Waals surface area contributed by atoms with Gasteiger partial charge in [0.15, 0.2) is 0 Å². The Bertz CT molecular complexity index is 1330. The molecule has 0 unspecified atom stereocenters. The summed E-state index contributed by atoms with van der Waals surface area (Å²) < 4.78 is 11.5. The minimum Gasteiger partial charge on any atom is -0.478 e. The molecule has 0 saturated carbocycles. The second-order valence-electron chi connectivity index (χ2n) is 12.5. The van der Waals surface area contributed by atoms with E-state index >= 15 is 0 Å². The summed E-state index contributed by atoms with van der Waals surface area (Å²) in [4.78, 5) is 43.0. The Morgan fingerprint density at radius 1 is 1.09 bits per heavy atom. The third-order valence-corrected chi connectivity index (χ3v) is 9.52. The van der Waals surface area contributed by atoms with Gasteiger partial charge in [0, 0.05) is 39.4 Å². The van der Waals surface area contributed by atoms with Crippen molar-refractivity contribution in [2.24, 2.45) is 5.92 Å². The molecule has 1 spiro atoms. The van der Waals surface area contributed by atoms with Crippen molar-refractivity contribution < 1.29 is 34.1 Å². The molecule has 2 aromatic carbocycles. The number of piperazine rings is 1. The van der Waals surface area contributed by atoms with Gasteiger partial charge in [-0.05, 0) is 92.8 Å². The van der Waals surface area contributed by atoms with Gasteiger partial charge in [0.1, 0.15) is 23.1 Å². The summed E-state index contributed by atoms with van der Waals surface area (Å²) in [7, 11) is 0. The van der Waals surface area contributed by atoms with E-state index in [1.54, 1.807) is 17.0 Å². The Morgan fingerprint density at radius 3 is 2.29 bits per heavy atom. The predicted octanol–water partition coefficient (Wildman–Crippen LogP) is 4.46. The molecular weight excluding hydrogens is 598 g/mol. The molecule has 3 aliphatic heterocycles. The Hall–Kier alpha value is -3.18. The molecule has 11 heteroatoms. The molecule has 3 fully saturated rings. The van der Waals surface area contributed by atoms with Crippen LogP contribution in [0, 0.1) is 19.8 Å². The number of unbranched alkanes of at least 4 members (excludes halogenated alkanes) is 1. The van der Waals surface area contributed by atoms with Gasteiger partial charge in [-0.25, -0.2) is 4.79 Å². The first-order valence-corrected chi connectivity index (χ1v) is 15.8. The maximum atomic E-state index is 13.8.